The average Bonchev–Trinajstić information content (AvgIpc) is 2.57. The number of rotatable bonds is 0. The van der Waals surface area contributed by atoms with Gasteiger partial charge in [-0.3, -0.25) is 0 Å². The summed E-state index contributed by atoms with van der Waals surface area (Å²) in [4.78, 5) is 0. The van der Waals surface area contributed by atoms with Gasteiger partial charge in [-0.15, -0.1) is 0 Å². The first-order valence-electron chi connectivity index (χ1n) is 7.59. The highest BCUT2D eigenvalue weighted by molar-refractivity contribution is 5.49. The summed E-state index contributed by atoms with van der Waals surface area (Å²) in [6.07, 6.45) is 11.5. The smallest absolute Gasteiger partial charge is 0.00319 e. The number of allylic oxidation sites excluding steroid dienone is 5. The van der Waals surface area contributed by atoms with E-state index in [-0.39, 0.29) is 0 Å². The molecule has 3 unspecified atom stereocenters. The fourth-order valence-corrected chi connectivity index (χ4v) is 4.51. The maximum atomic E-state index is 4.18. The molecule has 0 heterocycles. The van der Waals surface area contributed by atoms with E-state index >= 15 is 0 Å². The molecule has 98 valence electrons. The van der Waals surface area contributed by atoms with Gasteiger partial charge in [-0.1, -0.05) is 45.1 Å². The first kappa shape index (κ1) is 12.3. The van der Waals surface area contributed by atoms with Crippen molar-refractivity contribution in [2.45, 2.75) is 52.9 Å². The highest BCUT2D eigenvalue weighted by Crippen LogP contribution is 2.55. The maximum Gasteiger partial charge on any atom is -0.00319 e. The van der Waals surface area contributed by atoms with Gasteiger partial charge in [0.05, 0.1) is 0 Å². The highest BCUT2D eigenvalue weighted by atomic mass is 14.5. The van der Waals surface area contributed by atoms with Crippen LogP contribution < -0.4 is 0 Å². The molecule has 0 aromatic carbocycles. The van der Waals surface area contributed by atoms with E-state index in [0.29, 0.717) is 5.41 Å². The Hall–Kier alpha value is -0.780. The summed E-state index contributed by atoms with van der Waals surface area (Å²) in [5, 5.41) is 0. The summed E-state index contributed by atoms with van der Waals surface area (Å²) in [6.45, 7) is 11.6. The van der Waals surface area contributed by atoms with Gasteiger partial charge in [0.2, 0.25) is 0 Å². The lowest BCUT2D eigenvalue weighted by Crippen LogP contribution is -2.40. The third kappa shape index (κ3) is 1.73. The molecule has 3 aliphatic rings. The molecule has 0 heteroatoms. The molecule has 0 amide bonds. The van der Waals surface area contributed by atoms with E-state index in [9.17, 15) is 0 Å². The zero-order chi connectivity index (χ0) is 12.9. The molecule has 18 heavy (non-hydrogen) atoms. The van der Waals surface area contributed by atoms with Gasteiger partial charge in [-0.25, -0.2) is 0 Å². The van der Waals surface area contributed by atoms with E-state index in [4.69, 9.17) is 0 Å². The Bertz CT molecular complexity index is 433. The van der Waals surface area contributed by atoms with E-state index in [2.05, 4.69) is 39.5 Å². The standard InChI is InChI=1S/C18H26/c1-12-10-14-6-5-7-17-15(16(14)11-12)9-8-13(2)18(17,3)4/h6,11,13,15,17H,1,5,7-10H2,2-4H3. The summed E-state index contributed by atoms with van der Waals surface area (Å²) < 4.78 is 0. The molecule has 0 N–H and O–H groups in total. The van der Waals surface area contributed by atoms with Crippen LogP contribution in [-0.4, -0.2) is 0 Å². The first-order valence-corrected chi connectivity index (χ1v) is 7.59. The lowest BCUT2D eigenvalue weighted by molar-refractivity contribution is 0.0322. The Morgan fingerprint density at radius 2 is 2.00 bits per heavy atom. The zero-order valence-corrected chi connectivity index (χ0v) is 12.1. The lowest BCUT2D eigenvalue weighted by Gasteiger charge is -2.48. The summed E-state index contributed by atoms with van der Waals surface area (Å²) in [5.74, 6) is 2.54. The molecule has 3 atom stereocenters. The maximum absolute atomic E-state index is 4.18. The third-order valence-corrected chi connectivity index (χ3v) is 6.04. The first-order chi connectivity index (χ1) is 8.50. The van der Waals surface area contributed by atoms with Gasteiger partial charge in [0.1, 0.15) is 0 Å². The van der Waals surface area contributed by atoms with Crippen molar-refractivity contribution < 1.29 is 0 Å². The van der Waals surface area contributed by atoms with Crippen LogP contribution in [0.25, 0.3) is 0 Å². The quantitative estimate of drug-likeness (QED) is 0.542. The topological polar surface area (TPSA) is 0 Å². The van der Waals surface area contributed by atoms with Crippen LogP contribution in [0.2, 0.25) is 0 Å². The van der Waals surface area contributed by atoms with Crippen molar-refractivity contribution in [3.63, 3.8) is 0 Å². The van der Waals surface area contributed by atoms with E-state index in [0.717, 1.165) is 24.2 Å². The summed E-state index contributed by atoms with van der Waals surface area (Å²) in [7, 11) is 0. The Morgan fingerprint density at radius 3 is 2.78 bits per heavy atom. The highest BCUT2D eigenvalue weighted by Gasteiger charge is 2.45. The molecular weight excluding hydrogens is 216 g/mol. The SMILES string of the molecule is C=C1C=C2C(=CCCC3C2CCC(C)C3(C)C)C1. The van der Waals surface area contributed by atoms with Gasteiger partial charge < -0.3 is 0 Å². The number of hydrogen-bond acceptors (Lipinski definition) is 0. The van der Waals surface area contributed by atoms with E-state index in [1.165, 1.54) is 31.3 Å². The van der Waals surface area contributed by atoms with Gasteiger partial charge in [-0.05, 0) is 66.4 Å². The van der Waals surface area contributed by atoms with Crippen molar-refractivity contribution >= 4 is 0 Å². The van der Waals surface area contributed by atoms with Gasteiger partial charge in [0.15, 0.2) is 0 Å². The second-order valence-electron chi connectivity index (χ2n) is 7.25. The fourth-order valence-electron chi connectivity index (χ4n) is 4.51. The predicted octanol–water partition coefficient (Wildman–Crippen LogP) is 5.28. The van der Waals surface area contributed by atoms with Crippen LogP contribution in [0.4, 0.5) is 0 Å². The number of fused-ring (bicyclic) bond motifs is 3. The summed E-state index contributed by atoms with van der Waals surface area (Å²) >= 11 is 0. The Balaban J connectivity index is 1.99. The van der Waals surface area contributed by atoms with Crippen molar-refractivity contribution in [1.82, 2.24) is 0 Å². The monoisotopic (exact) mass is 242 g/mol. The Morgan fingerprint density at radius 1 is 1.22 bits per heavy atom. The Labute approximate surface area is 112 Å². The van der Waals surface area contributed by atoms with Crippen LogP contribution >= 0.6 is 0 Å². The van der Waals surface area contributed by atoms with Crippen LogP contribution in [0, 0.1) is 23.2 Å². The minimum atomic E-state index is 0.497. The minimum absolute atomic E-state index is 0.497. The van der Waals surface area contributed by atoms with Crippen molar-refractivity contribution in [3.8, 4) is 0 Å². The van der Waals surface area contributed by atoms with Crippen molar-refractivity contribution in [2.75, 3.05) is 0 Å². The van der Waals surface area contributed by atoms with Crippen LogP contribution in [0.15, 0.2) is 35.5 Å². The molecule has 0 nitrogen and oxygen atoms in total. The van der Waals surface area contributed by atoms with Crippen LogP contribution in [0.1, 0.15) is 52.9 Å². The second kappa shape index (κ2) is 4.11. The molecule has 3 aliphatic carbocycles. The van der Waals surface area contributed by atoms with Crippen LogP contribution in [0.3, 0.4) is 0 Å². The van der Waals surface area contributed by atoms with Gasteiger partial charge in [0, 0.05) is 0 Å². The lowest BCUT2D eigenvalue weighted by atomic mass is 9.56. The average molecular weight is 242 g/mol. The molecule has 3 rings (SSSR count). The second-order valence-corrected chi connectivity index (χ2v) is 7.25. The molecule has 1 fully saturated rings. The van der Waals surface area contributed by atoms with Gasteiger partial charge in [-0.2, -0.15) is 0 Å². The van der Waals surface area contributed by atoms with E-state index in [1.54, 1.807) is 11.1 Å². The predicted molar refractivity (Wildman–Crippen MR) is 78.3 cm³/mol. The molecule has 0 radical (unpaired) electrons. The molecule has 0 aromatic heterocycles. The van der Waals surface area contributed by atoms with E-state index in [1.807, 2.05) is 0 Å². The van der Waals surface area contributed by atoms with E-state index < -0.39 is 0 Å². The molecule has 0 saturated heterocycles. The van der Waals surface area contributed by atoms with Gasteiger partial charge in [0.25, 0.3) is 0 Å². The van der Waals surface area contributed by atoms with Crippen molar-refractivity contribution in [3.05, 3.63) is 35.5 Å². The number of hydrogen-bond donors (Lipinski definition) is 0. The Kier molecular flexibility index (Phi) is 2.80. The summed E-state index contributed by atoms with van der Waals surface area (Å²) in [5.41, 5.74) is 5.09. The summed E-state index contributed by atoms with van der Waals surface area (Å²) in [6, 6.07) is 0. The normalized spacial score (nSPS) is 38.4. The molecule has 0 aromatic rings. The molecule has 0 bridgehead atoms. The van der Waals surface area contributed by atoms with Crippen molar-refractivity contribution in [2.24, 2.45) is 23.2 Å². The molecule has 0 spiro atoms. The van der Waals surface area contributed by atoms with Gasteiger partial charge >= 0.3 is 0 Å². The van der Waals surface area contributed by atoms with Crippen molar-refractivity contribution in [1.29, 1.82) is 0 Å². The third-order valence-electron chi connectivity index (χ3n) is 6.04. The minimum Gasteiger partial charge on any atom is -0.0955 e. The molecule has 0 aliphatic heterocycles. The zero-order valence-electron chi connectivity index (χ0n) is 12.1. The van der Waals surface area contributed by atoms with Crippen LogP contribution in [-0.2, 0) is 0 Å². The molecular formula is C18H26. The molecule has 1 saturated carbocycles. The van der Waals surface area contributed by atoms with Crippen LogP contribution in [0.5, 0.6) is 0 Å². The largest absolute Gasteiger partial charge is 0.0955 e. The fraction of sp³-hybridized carbons (Fsp3) is 0.667.